The number of ether oxygens (including phenoxy) is 2. The molecule has 4 fully saturated rings. The van der Waals surface area contributed by atoms with Gasteiger partial charge in [0.15, 0.2) is 5.60 Å². The van der Waals surface area contributed by atoms with Crippen molar-refractivity contribution in [3.05, 3.63) is 29.3 Å². The number of esters is 1. The van der Waals surface area contributed by atoms with E-state index in [0.717, 1.165) is 25.7 Å². The fourth-order valence-electron chi connectivity index (χ4n) is 5.81. The van der Waals surface area contributed by atoms with Gasteiger partial charge in [-0.3, -0.25) is 9.59 Å². The van der Waals surface area contributed by atoms with Gasteiger partial charge in [-0.05, 0) is 88.0 Å². The molecule has 28 heavy (non-hydrogen) atoms. The van der Waals surface area contributed by atoms with Gasteiger partial charge in [-0.15, -0.1) is 0 Å². The lowest BCUT2D eigenvalue weighted by Crippen LogP contribution is -2.69. The largest absolute Gasteiger partial charge is 0.478 e. The molecule has 5 nitrogen and oxygen atoms in total. The van der Waals surface area contributed by atoms with Gasteiger partial charge in [-0.1, -0.05) is 11.6 Å². The van der Waals surface area contributed by atoms with Crippen molar-refractivity contribution in [1.29, 1.82) is 0 Å². The second-order valence-corrected chi connectivity index (χ2v) is 9.72. The summed E-state index contributed by atoms with van der Waals surface area (Å²) in [5.74, 6) is 1.70. The van der Waals surface area contributed by atoms with Crippen LogP contribution in [0.15, 0.2) is 24.3 Å². The molecule has 0 spiro atoms. The van der Waals surface area contributed by atoms with Crippen molar-refractivity contribution >= 4 is 23.5 Å². The molecule has 0 aromatic heterocycles. The normalized spacial score (nSPS) is 33.4. The number of carbonyl (C=O) groups excluding carboxylic acids is 2. The molecule has 6 heteroatoms. The molecular weight excluding hydrogens is 378 g/mol. The van der Waals surface area contributed by atoms with Crippen LogP contribution in [0.4, 0.5) is 0 Å². The molecule has 0 aliphatic heterocycles. The first-order valence-corrected chi connectivity index (χ1v) is 10.5. The molecule has 1 aromatic rings. The van der Waals surface area contributed by atoms with Crippen molar-refractivity contribution in [3.8, 4) is 5.75 Å². The van der Waals surface area contributed by atoms with Crippen LogP contribution in [0.25, 0.3) is 0 Å². The predicted molar refractivity (Wildman–Crippen MR) is 106 cm³/mol. The molecule has 3 atom stereocenters. The van der Waals surface area contributed by atoms with Crippen LogP contribution in [0, 0.1) is 17.8 Å². The third-order valence-electron chi connectivity index (χ3n) is 6.61. The van der Waals surface area contributed by atoms with Crippen LogP contribution in [-0.4, -0.2) is 29.1 Å². The Hall–Kier alpha value is -1.75. The summed E-state index contributed by atoms with van der Waals surface area (Å²) in [6.07, 6.45) is 5.13. The van der Waals surface area contributed by atoms with E-state index >= 15 is 0 Å². The molecule has 3 unspecified atom stereocenters. The maximum absolute atomic E-state index is 13.2. The van der Waals surface area contributed by atoms with E-state index in [1.165, 1.54) is 13.3 Å². The molecule has 5 rings (SSSR count). The van der Waals surface area contributed by atoms with Gasteiger partial charge in [0.1, 0.15) is 11.4 Å². The number of carbonyl (C=O) groups is 2. The van der Waals surface area contributed by atoms with Crippen LogP contribution in [0.5, 0.6) is 5.75 Å². The molecule has 0 saturated heterocycles. The van der Waals surface area contributed by atoms with E-state index in [4.69, 9.17) is 21.1 Å². The van der Waals surface area contributed by atoms with E-state index < -0.39 is 11.2 Å². The molecule has 4 bridgehead atoms. The van der Waals surface area contributed by atoms with E-state index in [1.807, 2.05) is 0 Å². The minimum atomic E-state index is -1.06. The third kappa shape index (κ3) is 3.61. The SMILES string of the molecule is CC(=O)OC12CC3CC(CC(C3)C1NC(=O)C(C)(C)Oc1ccc(Cl)cc1)C2. The highest BCUT2D eigenvalue weighted by molar-refractivity contribution is 6.30. The third-order valence-corrected chi connectivity index (χ3v) is 6.86. The molecule has 1 N–H and O–H groups in total. The van der Waals surface area contributed by atoms with Crippen molar-refractivity contribution in [1.82, 2.24) is 5.32 Å². The second kappa shape index (κ2) is 6.94. The number of rotatable bonds is 5. The quantitative estimate of drug-likeness (QED) is 0.748. The summed E-state index contributed by atoms with van der Waals surface area (Å²) in [7, 11) is 0. The average molecular weight is 406 g/mol. The Labute approximate surface area is 171 Å². The highest BCUT2D eigenvalue weighted by Crippen LogP contribution is 2.57. The first-order valence-electron chi connectivity index (χ1n) is 10.1. The Morgan fingerprint density at radius 1 is 1.11 bits per heavy atom. The minimum absolute atomic E-state index is 0.148. The number of benzene rings is 1. The zero-order valence-corrected chi connectivity index (χ0v) is 17.4. The Balaban J connectivity index is 1.52. The van der Waals surface area contributed by atoms with Gasteiger partial charge in [0.05, 0.1) is 6.04 Å². The lowest BCUT2D eigenvalue weighted by molar-refractivity contribution is -0.196. The van der Waals surface area contributed by atoms with E-state index in [1.54, 1.807) is 38.1 Å². The topological polar surface area (TPSA) is 64.6 Å². The van der Waals surface area contributed by atoms with Crippen LogP contribution in [0.3, 0.4) is 0 Å². The van der Waals surface area contributed by atoms with Crippen molar-refractivity contribution < 1.29 is 19.1 Å². The molecule has 4 saturated carbocycles. The van der Waals surface area contributed by atoms with Crippen molar-refractivity contribution in [2.24, 2.45) is 17.8 Å². The summed E-state index contributed by atoms with van der Waals surface area (Å²) in [6, 6.07) is 6.82. The van der Waals surface area contributed by atoms with Crippen LogP contribution in [0.2, 0.25) is 5.02 Å². The average Bonchev–Trinajstić information content (AvgIpc) is 2.58. The molecule has 4 aliphatic carbocycles. The molecule has 0 heterocycles. The van der Waals surface area contributed by atoms with E-state index in [2.05, 4.69) is 5.32 Å². The number of halogens is 1. The van der Waals surface area contributed by atoms with Gasteiger partial charge in [0, 0.05) is 11.9 Å². The molecule has 1 aromatic carbocycles. The Morgan fingerprint density at radius 2 is 1.71 bits per heavy atom. The predicted octanol–water partition coefficient (Wildman–Crippen LogP) is 4.12. The first-order chi connectivity index (χ1) is 13.2. The monoisotopic (exact) mass is 405 g/mol. The summed E-state index contributed by atoms with van der Waals surface area (Å²) in [5.41, 5.74) is -1.62. The van der Waals surface area contributed by atoms with Crippen molar-refractivity contribution in [2.45, 2.75) is 70.1 Å². The zero-order valence-electron chi connectivity index (χ0n) is 16.7. The Morgan fingerprint density at radius 3 is 2.29 bits per heavy atom. The summed E-state index contributed by atoms with van der Waals surface area (Å²) < 4.78 is 11.8. The van der Waals surface area contributed by atoms with Gasteiger partial charge in [-0.25, -0.2) is 0 Å². The Bertz CT molecular complexity index is 761. The van der Waals surface area contributed by atoms with Gasteiger partial charge >= 0.3 is 5.97 Å². The fraction of sp³-hybridized carbons (Fsp3) is 0.636. The van der Waals surface area contributed by atoms with E-state index in [0.29, 0.717) is 28.5 Å². The molecule has 4 aliphatic rings. The number of amides is 1. The first kappa shape index (κ1) is 19.6. The van der Waals surface area contributed by atoms with Crippen LogP contribution < -0.4 is 10.1 Å². The van der Waals surface area contributed by atoms with Gasteiger partial charge in [-0.2, -0.15) is 0 Å². The number of hydrogen-bond donors (Lipinski definition) is 1. The van der Waals surface area contributed by atoms with Crippen LogP contribution in [-0.2, 0) is 14.3 Å². The maximum atomic E-state index is 13.2. The maximum Gasteiger partial charge on any atom is 0.303 e. The standard InChI is InChI=1S/C22H28ClNO4/c1-13(25)27-22-11-14-8-15(12-22)10-16(9-14)19(22)24-20(26)21(2,3)28-18-6-4-17(23)5-7-18/h4-7,14-16,19H,8-12H2,1-3H3,(H,24,26). The summed E-state index contributed by atoms with van der Waals surface area (Å²) in [5, 5.41) is 3.83. The lowest BCUT2D eigenvalue weighted by atomic mass is 9.52. The van der Waals surface area contributed by atoms with Crippen molar-refractivity contribution in [3.63, 3.8) is 0 Å². The lowest BCUT2D eigenvalue weighted by Gasteiger charge is -2.60. The Kier molecular flexibility index (Phi) is 4.85. The van der Waals surface area contributed by atoms with Gasteiger partial charge in [0.25, 0.3) is 5.91 Å². The summed E-state index contributed by atoms with van der Waals surface area (Å²) >= 11 is 5.92. The zero-order chi connectivity index (χ0) is 20.1. The van der Waals surface area contributed by atoms with Gasteiger partial charge < -0.3 is 14.8 Å². The molecule has 1 amide bonds. The highest BCUT2D eigenvalue weighted by atomic mass is 35.5. The molecule has 152 valence electrons. The second-order valence-electron chi connectivity index (χ2n) is 9.28. The summed E-state index contributed by atoms with van der Waals surface area (Å²) in [4.78, 5) is 25.0. The van der Waals surface area contributed by atoms with Crippen LogP contribution >= 0.6 is 11.6 Å². The van der Waals surface area contributed by atoms with Gasteiger partial charge in [0.2, 0.25) is 0 Å². The molecular formula is C22H28ClNO4. The summed E-state index contributed by atoms with van der Waals surface area (Å²) in [6.45, 7) is 4.97. The van der Waals surface area contributed by atoms with Crippen LogP contribution in [0.1, 0.15) is 52.9 Å². The molecule has 0 radical (unpaired) electrons. The smallest absolute Gasteiger partial charge is 0.303 e. The highest BCUT2D eigenvalue weighted by Gasteiger charge is 2.60. The fourth-order valence-corrected chi connectivity index (χ4v) is 5.93. The van der Waals surface area contributed by atoms with Crippen molar-refractivity contribution in [2.75, 3.05) is 0 Å². The van der Waals surface area contributed by atoms with E-state index in [9.17, 15) is 9.59 Å². The van der Waals surface area contributed by atoms with E-state index in [-0.39, 0.29) is 17.9 Å². The number of hydrogen-bond acceptors (Lipinski definition) is 4. The number of nitrogens with one attached hydrogen (secondary N) is 1. The minimum Gasteiger partial charge on any atom is -0.478 e.